The van der Waals surface area contributed by atoms with E-state index in [0.29, 0.717) is 18.4 Å². The highest BCUT2D eigenvalue weighted by atomic mass is 79.9. The smallest absolute Gasteiger partial charge is 0.311 e. The Morgan fingerprint density at radius 2 is 1.95 bits per heavy atom. The number of carboxylic acid groups (broad SMARTS) is 1. The van der Waals surface area contributed by atoms with Gasteiger partial charge in [-0.2, -0.15) is 0 Å². The second-order valence-electron chi connectivity index (χ2n) is 5.50. The van der Waals surface area contributed by atoms with Crippen molar-refractivity contribution in [2.75, 3.05) is 0 Å². The summed E-state index contributed by atoms with van der Waals surface area (Å²) in [5, 5.41) is 12.3. The van der Waals surface area contributed by atoms with Crippen LogP contribution in [0.15, 0.2) is 28.7 Å². The fourth-order valence-electron chi connectivity index (χ4n) is 2.66. The predicted molar refractivity (Wildman–Crippen MR) is 79.6 cm³/mol. The fourth-order valence-corrected chi connectivity index (χ4v) is 2.93. The summed E-state index contributed by atoms with van der Waals surface area (Å²) in [6.07, 6.45) is 3.17. The van der Waals surface area contributed by atoms with Crippen LogP contribution < -0.4 is 5.32 Å². The summed E-state index contributed by atoms with van der Waals surface area (Å²) in [4.78, 5) is 23.7. The Morgan fingerprint density at radius 1 is 1.30 bits per heavy atom. The minimum atomic E-state index is -0.872. The number of halogens is 1. The van der Waals surface area contributed by atoms with Gasteiger partial charge in [0, 0.05) is 16.1 Å². The molecule has 1 amide bonds. The molecule has 4 nitrogen and oxygen atoms in total. The van der Waals surface area contributed by atoms with Gasteiger partial charge in [0.25, 0.3) is 5.91 Å². The van der Waals surface area contributed by atoms with E-state index in [0.717, 1.165) is 17.3 Å². The molecule has 20 heavy (non-hydrogen) atoms. The second kappa shape index (κ2) is 5.95. The Labute approximate surface area is 126 Å². The lowest BCUT2D eigenvalue weighted by atomic mass is 9.71. The number of amides is 1. The van der Waals surface area contributed by atoms with Crippen molar-refractivity contribution in [1.82, 2.24) is 5.32 Å². The molecule has 0 heterocycles. The van der Waals surface area contributed by atoms with Crippen LogP contribution in [0.4, 0.5) is 0 Å². The molecule has 1 saturated carbocycles. The topological polar surface area (TPSA) is 66.4 Å². The van der Waals surface area contributed by atoms with E-state index in [1.807, 2.05) is 0 Å². The molecule has 0 bridgehead atoms. The van der Waals surface area contributed by atoms with Gasteiger partial charge in [0.2, 0.25) is 0 Å². The van der Waals surface area contributed by atoms with Crippen molar-refractivity contribution >= 4 is 27.8 Å². The van der Waals surface area contributed by atoms with Crippen molar-refractivity contribution in [2.24, 2.45) is 5.41 Å². The molecular weight excluding hydrogens is 322 g/mol. The standard InChI is InChI=1S/C15H18BrNO3/c1-15(14(19)20)9-3-2-4-12(15)17-13(18)10-5-7-11(16)8-6-10/h5-8,12H,2-4,9H2,1H3,(H,17,18)(H,19,20). The van der Waals surface area contributed by atoms with Crippen LogP contribution in [-0.2, 0) is 4.79 Å². The number of hydrogen-bond acceptors (Lipinski definition) is 2. The van der Waals surface area contributed by atoms with Crippen molar-refractivity contribution in [1.29, 1.82) is 0 Å². The largest absolute Gasteiger partial charge is 0.481 e. The first kappa shape index (κ1) is 15.0. The number of aliphatic carboxylic acids is 1. The van der Waals surface area contributed by atoms with E-state index in [2.05, 4.69) is 21.2 Å². The number of nitrogens with one attached hydrogen (secondary N) is 1. The minimum Gasteiger partial charge on any atom is -0.481 e. The summed E-state index contributed by atoms with van der Waals surface area (Å²) in [5.41, 5.74) is -0.324. The quantitative estimate of drug-likeness (QED) is 0.888. The third-order valence-corrected chi connectivity index (χ3v) is 4.64. The SMILES string of the molecule is CC1(C(=O)O)CCCCC1NC(=O)c1ccc(Br)cc1. The van der Waals surface area contributed by atoms with Gasteiger partial charge in [0.15, 0.2) is 0 Å². The van der Waals surface area contributed by atoms with Crippen LogP contribution in [0.1, 0.15) is 43.0 Å². The van der Waals surface area contributed by atoms with Gasteiger partial charge in [-0.05, 0) is 44.0 Å². The lowest BCUT2D eigenvalue weighted by Crippen LogP contribution is -2.52. The van der Waals surface area contributed by atoms with Gasteiger partial charge in [-0.3, -0.25) is 9.59 Å². The molecule has 1 aromatic carbocycles. The summed E-state index contributed by atoms with van der Waals surface area (Å²) in [6.45, 7) is 1.72. The van der Waals surface area contributed by atoms with Crippen LogP contribution >= 0.6 is 15.9 Å². The van der Waals surface area contributed by atoms with Crippen molar-refractivity contribution < 1.29 is 14.7 Å². The highest BCUT2D eigenvalue weighted by molar-refractivity contribution is 9.10. The van der Waals surface area contributed by atoms with Gasteiger partial charge >= 0.3 is 5.97 Å². The molecule has 0 aromatic heterocycles. The van der Waals surface area contributed by atoms with E-state index in [-0.39, 0.29) is 11.9 Å². The molecule has 1 fully saturated rings. The van der Waals surface area contributed by atoms with Gasteiger partial charge in [0.05, 0.1) is 5.41 Å². The number of hydrogen-bond donors (Lipinski definition) is 2. The van der Waals surface area contributed by atoms with Crippen LogP contribution in [0.25, 0.3) is 0 Å². The molecule has 0 spiro atoms. The van der Waals surface area contributed by atoms with Crippen LogP contribution in [0.5, 0.6) is 0 Å². The summed E-state index contributed by atoms with van der Waals surface area (Å²) in [5.74, 6) is -1.05. The molecule has 1 aliphatic carbocycles. The van der Waals surface area contributed by atoms with Gasteiger partial charge in [-0.1, -0.05) is 28.8 Å². The van der Waals surface area contributed by atoms with Gasteiger partial charge in [-0.25, -0.2) is 0 Å². The predicted octanol–water partition coefficient (Wildman–Crippen LogP) is 3.21. The number of benzene rings is 1. The summed E-state index contributed by atoms with van der Waals surface area (Å²) in [7, 11) is 0. The Kier molecular flexibility index (Phi) is 4.48. The van der Waals surface area contributed by atoms with Crippen LogP contribution in [0.2, 0.25) is 0 Å². The first-order valence-electron chi connectivity index (χ1n) is 6.73. The molecule has 1 aromatic rings. The van der Waals surface area contributed by atoms with Gasteiger partial charge in [-0.15, -0.1) is 0 Å². The van der Waals surface area contributed by atoms with E-state index < -0.39 is 11.4 Å². The number of carbonyl (C=O) groups excluding carboxylic acids is 1. The van der Waals surface area contributed by atoms with Crippen molar-refractivity contribution in [3.8, 4) is 0 Å². The Morgan fingerprint density at radius 3 is 2.55 bits per heavy atom. The van der Waals surface area contributed by atoms with Crippen molar-refractivity contribution in [2.45, 2.75) is 38.6 Å². The zero-order valence-electron chi connectivity index (χ0n) is 11.4. The van der Waals surface area contributed by atoms with E-state index in [4.69, 9.17) is 0 Å². The van der Waals surface area contributed by atoms with E-state index in [1.165, 1.54) is 0 Å². The molecule has 108 valence electrons. The lowest BCUT2D eigenvalue weighted by molar-refractivity contribution is -0.151. The lowest BCUT2D eigenvalue weighted by Gasteiger charge is -2.38. The molecule has 5 heteroatoms. The summed E-state index contributed by atoms with van der Waals surface area (Å²) in [6, 6.07) is 6.73. The Hall–Kier alpha value is -1.36. The normalized spacial score (nSPS) is 26.0. The Balaban J connectivity index is 2.13. The Bertz CT molecular complexity index is 514. The summed E-state index contributed by atoms with van der Waals surface area (Å²) >= 11 is 3.32. The van der Waals surface area contributed by atoms with Crippen LogP contribution in [-0.4, -0.2) is 23.0 Å². The molecule has 2 N–H and O–H groups in total. The highest BCUT2D eigenvalue weighted by Gasteiger charge is 2.43. The van der Waals surface area contributed by atoms with E-state index in [9.17, 15) is 14.7 Å². The maximum absolute atomic E-state index is 12.2. The van der Waals surface area contributed by atoms with E-state index >= 15 is 0 Å². The number of carbonyl (C=O) groups is 2. The third kappa shape index (κ3) is 3.03. The average molecular weight is 340 g/mol. The van der Waals surface area contributed by atoms with Crippen molar-refractivity contribution in [3.05, 3.63) is 34.3 Å². The molecule has 1 aliphatic rings. The first-order chi connectivity index (χ1) is 9.43. The first-order valence-corrected chi connectivity index (χ1v) is 7.52. The second-order valence-corrected chi connectivity index (χ2v) is 6.42. The molecule has 2 rings (SSSR count). The maximum Gasteiger partial charge on any atom is 0.311 e. The number of carboxylic acids is 1. The highest BCUT2D eigenvalue weighted by Crippen LogP contribution is 2.36. The zero-order chi connectivity index (χ0) is 14.8. The minimum absolute atomic E-state index is 0.211. The van der Waals surface area contributed by atoms with Gasteiger partial charge in [0.1, 0.15) is 0 Å². The number of rotatable bonds is 3. The summed E-state index contributed by atoms with van der Waals surface area (Å²) < 4.78 is 0.905. The zero-order valence-corrected chi connectivity index (χ0v) is 12.9. The molecular formula is C15H18BrNO3. The molecule has 0 aliphatic heterocycles. The van der Waals surface area contributed by atoms with Gasteiger partial charge < -0.3 is 10.4 Å². The maximum atomic E-state index is 12.2. The van der Waals surface area contributed by atoms with Crippen molar-refractivity contribution in [3.63, 3.8) is 0 Å². The molecule has 2 unspecified atom stereocenters. The molecule has 0 radical (unpaired) electrons. The third-order valence-electron chi connectivity index (χ3n) is 4.11. The van der Waals surface area contributed by atoms with E-state index in [1.54, 1.807) is 31.2 Å². The molecule has 0 saturated heterocycles. The van der Waals surface area contributed by atoms with Crippen LogP contribution in [0, 0.1) is 5.41 Å². The monoisotopic (exact) mass is 339 g/mol. The molecule has 2 atom stereocenters. The average Bonchev–Trinajstić information content (AvgIpc) is 2.42. The fraction of sp³-hybridized carbons (Fsp3) is 0.467. The van der Waals surface area contributed by atoms with Crippen LogP contribution in [0.3, 0.4) is 0 Å².